The molecule has 2 aromatic rings. The van der Waals surface area contributed by atoms with Gasteiger partial charge in [-0.2, -0.15) is 10.4 Å². The van der Waals surface area contributed by atoms with Crippen molar-refractivity contribution in [2.75, 3.05) is 11.9 Å². The minimum atomic E-state index is -1.12. The molecule has 0 radical (unpaired) electrons. The summed E-state index contributed by atoms with van der Waals surface area (Å²) in [7, 11) is 0. The smallest absolute Gasteiger partial charge is 0.285 e. The summed E-state index contributed by atoms with van der Waals surface area (Å²) in [6, 6.07) is 4.60. The molecule has 1 heterocycles. The molecule has 0 aliphatic heterocycles. The van der Waals surface area contributed by atoms with Gasteiger partial charge < -0.3 is 10.6 Å². The van der Waals surface area contributed by atoms with Crippen molar-refractivity contribution < 1.29 is 18.4 Å². The summed E-state index contributed by atoms with van der Waals surface area (Å²) < 4.78 is 26.8. The molecule has 0 bridgehead atoms. The third-order valence-electron chi connectivity index (χ3n) is 3.69. The van der Waals surface area contributed by atoms with Crippen LogP contribution in [0.25, 0.3) is 0 Å². The number of hydrogen-bond donors (Lipinski definition) is 2. The zero-order valence-corrected chi connectivity index (χ0v) is 14.5. The predicted octanol–water partition coefficient (Wildman–Crippen LogP) is 0.765. The van der Waals surface area contributed by atoms with Gasteiger partial charge in [-0.05, 0) is 31.5 Å². The van der Waals surface area contributed by atoms with E-state index in [-0.39, 0.29) is 11.3 Å². The average molecular weight is 375 g/mol. The van der Waals surface area contributed by atoms with Crippen LogP contribution in [-0.4, -0.2) is 28.1 Å². The molecule has 1 aromatic carbocycles. The van der Waals surface area contributed by atoms with Gasteiger partial charge in [-0.15, -0.1) is 0 Å². The van der Waals surface area contributed by atoms with Crippen molar-refractivity contribution in [1.29, 1.82) is 5.26 Å². The lowest BCUT2D eigenvalue weighted by Gasteiger charge is -2.10. The number of nitrogens with zero attached hydrogens (tertiary/aromatic N) is 3. The van der Waals surface area contributed by atoms with Crippen LogP contribution >= 0.6 is 0 Å². The number of anilines is 1. The minimum absolute atomic E-state index is 0.0267. The molecule has 0 unspecified atom stereocenters. The molecule has 0 saturated carbocycles. The van der Waals surface area contributed by atoms with E-state index in [1.165, 1.54) is 6.07 Å². The number of benzene rings is 1. The largest absolute Gasteiger partial charge is 0.345 e. The highest BCUT2D eigenvalue weighted by atomic mass is 19.2. The molecular weight excluding hydrogens is 360 g/mol. The minimum Gasteiger partial charge on any atom is -0.345 e. The number of carbonyl (C=O) groups excluding carboxylic acids is 2. The average Bonchev–Trinajstić information content (AvgIpc) is 2.61. The summed E-state index contributed by atoms with van der Waals surface area (Å²) in [4.78, 5) is 35.8. The first kappa shape index (κ1) is 19.7. The fraction of sp³-hybridized carbons (Fsp3) is 0.235. The van der Waals surface area contributed by atoms with Crippen molar-refractivity contribution in [3.8, 4) is 6.07 Å². The summed E-state index contributed by atoms with van der Waals surface area (Å²) in [6.07, 6.45) is 0. The van der Waals surface area contributed by atoms with E-state index >= 15 is 0 Å². The molecule has 2 amide bonds. The number of nitrogens with one attached hydrogen (secondary N) is 2. The Kier molecular flexibility index (Phi) is 5.97. The number of aromatic nitrogens is 2. The van der Waals surface area contributed by atoms with Crippen molar-refractivity contribution in [1.82, 2.24) is 15.1 Å². The topological polar surface area (TPSA) is 117 Å². The fourth-order valence-electron chi connectivity index (χ4n) is 2.16. The first-order chi connectivity index (χ1) is 12.7. The highest BCUT2D eigenvalue weighted by Gasteiger charge is 2.14. The summed E-state index contributed by atoms with van der Waals surface area (Å²) in [6.45, 7) is 2.24. The summed E-state index contributed by atoms with van der Waals surface area (Å²) >= 11 is 0. The normalized spacial score (nSPS) is 10.2. The lowest BCUT2D eigenvalue weighted by atomic mass is 10.1. The standard InChI is InChI=1S/C17H15F2N5O3/c1-9-10(2)23-24(17(27)12(9)6-20)8-16(26)21-7-15(25)22-11-3-4-13(18)14(19)5-11/h3-5H,7-8H2,1-2H3,(H,21,26)(H,22,25). The highest BCUT2D eigenvalue weighted by Crippen LogP contribution is 2.12. The predicted molar refractivity (Wildman–Crippen MR) is 90.7 cm³/mol. The van der Waals surface area contributed by atoms with Gasteiger partial charge in [-0.1, -0.05) is 0 Å². The van der Waals surface area contributed by atoms with Gasteiger partial charge in [0.15, 0.2) is 11.6 Å². The zero-order chi connectivity index (χ0) is 20.1. The van der Waals surface area contributed by atoms with Crippen LogP contribution in [0.15, 0.2) is 23.0 Å². The van der Waals surface area contributed by atoms with E-state index in [9.17, 15) is 23.2 Å². The van der Waals surface area contributed by atoms with Crippen molar-refractivity contribution in [3.63, 3.8) is 0 Å². The van der Waals surface area contributed by atoms with Crippen LogP contribution in [0.4, 0.5) is 14.5 Å². The third-order valence-corrected chi connectivity index (χ3v) is 3.69. The molecule has 0 fully saturated rings. The highest BCUT2D eigenvalue weighted by molar-refractivity contribution is 5.94. The Balaban J connectivity index is 1.97. The Morgan fingerprint density at radius 1 is 1.22 bits per heavy atom. The Labute approximate surface area is 152 Å². The van der Waals surface area contributed by atoms with Crippen molar-refractivity contribution in [2.24, 2.45) is 0 Å². The van der Waals surface area contributed by atoms with Gasteiger partial charge in [0.05, 0.1) is 12.2 Å². The Bertz CT molecular complexity index is 1010. The van der Waals surface area contributed by atoms with Gasteiger partial charge in [0, 0.05) is 11.8 Å². The molecule has 27 heavy (non-hydrogen) atoms. The first-order valence-corrected chi connectivity index (χ1v) is 7.73. The van der Waals surface area contributed by atoms with Gasteiger partial charge in [0.25, 0.3) is 5.56 Å². The number of aryl methyl sites for hydroxylation is 1. The van der Waals surface area contributed by atoms with Crippen LogP contribution in [0.1, 0.15) is 16.8 Å². The van der Waals surface area contributed by atoms with Crippen LogP contribution in [0.5, 0.6) is 0 Å². The van der Waals surface area contributed by atoms with E-state index in [1.54, 1.807) is 19.9 Å². The van der Waals surface area contributed by atoms with Crippen molar-refractivity contribution >= 4 is 17.5 Å². The molecule has 8 nitrogen and oxygen atoms in total. The number of carbonyl (C=O) groups is 2. The van der Waals surface area contributed by atoms with E-state index in [0.29, 0.717) is 11.3 Å². The molecule has 0 atom stereocenters. The number of amides is 2. The van der Waals surface area contributed by atoms with E-state index in [0.717, 1.165) is 16.8 Å². The Hall–Kier alpha value is -3.61. The molecule has 0 aliphatic carbocycles. The first-order valence-electron chi connectivity index (χ1n) is 7.73. The molecule has 0 spiro atoms. The maximum atomic E-state index is 13.1. The van der Waals surface area contributed by atoms with E-state index in [2.05, 4.69) is 15.7 Å². The zero-order valence-electron chi connectivity index (χ0n) is 14.5. The van der Waals surface area contributed by atoms with Crippen molar-refractivity contribution in [3.05, 3.63) is 57.0 Å². The van der Waals surface area contributed by atoms with E-state index in [4.69, 9.17) is 5.26 Å². The molecule has 140 valence electrons. The molecule has 0 aliphatic rings. The second kappa shape index (κ2) is 8.18. The lowest BCUT2D eigenvalue weighted by Crippen LogP contribution is -2.38. The van der Waals surface area contributed by atoms with Gasteiger partial charge in [-0.3, -0.25) is 14.4 Å². The van der Waals surface area contributed by atoms with Crippen LogP contribution in [0, 0.1) is 36.8 Å². The Morgan fingerprint density at radius 2 is 1.93 bits per heavy atom. The fourth-order valence-corrected chi connectivity index (χ4v) is 2.16. The number of rotatable bonds is 5. The maximum absolute atomic E-state index is 13.1. The maximum Gasteiger partial charge on any atom is 0.285 e. The number of nitriles is 1. The van der Waals surface area contributed by atoms with Crippen LogP contribution < -0.4 is 16.2 Å². The lowest BCUT2D eigenvalue weighted by molar-refractivity contribution is -0.124. The number of halogens is 2. The molecule has 10 heteroatoms. The van der Waals surface area contributed by atoms with Crippen LogP contribution in [0.3, 0.4) is 0 Å². The van der Waals surface area contributed by atoms with E-state index in [1.807, 2.05) is 0 Å². The molecular formula is C17H15F2N5O3. The summed E-state index contributed by atoms with van der Waals surface area (Å²) in [5, 5.41) is 17.6. The van der Waals surface area contributed by atoms with Gasteiger partial charge in [-0.25, -0.2) is 13.5 Å². The molecule has 2 N–H and O–H groups in total. The van der Waals surface area contributed by atoms with Gasteiger partial charge >= 0.3 is 0 Å². The Morgan fingerprint density at radius 3 is 2.56 bits per heavy atom. The van der Waals surface area contributed by atoms with Crippen LogP contribution in [-0.2, 0) is 16.1 Å². The molecule has 2 rings (SSSR count). The monoisotopic (exact) mass is 375 g/mol. The SMILES string of the molecule is Cc1nn(CC(=O)NCC(=O)Nc2ccc(F)c(F)c2)c(=O)c(C#N)c1C. The summed E-state index contributed by atoms with van der Waals surface area (Å²) in [5.74, 6) is -3.53. The second-order valence-corrected chi connectivity index (χ2v) is 5.61. The number of hydrogen-bond acceptors (Lipinski definition) is 5. The van der Waals surface area contributed by atoms with E-state index < -0.39 is 42.1 Å². The van der Waals surface area contributed by atoms with Gasteiger partial charge in [0.2, 0.25) is 11.8 Å². The molecule has 1 aromatic heterocycles. The molecule has 0 saturated heterocycles. The van der Waals surface area contributed by atoms with Gasteiger partial charge in [0.1, 0.15) is 18.2 Å². The third kappa shape index (κ3) is 4.72. The second-order valence-electron chi connectivity index (χ2n) is 5.61. The van der Waals surface area contributed by atoms with Crippen LogP contribution in [0.2, 0.25) is 0 Å². The summed E-state index contributed by atoms with van der Waals surface area (Å²) in [5.41, 5.74) is 0.0762. The van der Waals surface area contributed by atoms with Crippen molar-refractivity contribution in [2.45, 2.75) is 20.4 Å². The quantitative estimate of drug-likeness (QED) is 0.800.